The van der Waals surface area contributed by atoms with Gasteiger partial charge in [0.15, 0.2) is 0 Å². The molecule has 0 spiro atoms. The van der Waals surface area contributed by atoms with Gasteiger partial charge >= 0.3 is 11.9 Å². The van der Waals surface area contributed by atoms with Crippen molar-refractivity contribution in [3.63, 3.8) is 0 Å². The van der Waals surface area contributed by atoms with E-state index in [2.05, 4.69) is 14.8 Å². The Morgan fingerprint density at radius 3 is 2.00 bits per heavy atom. The lowest BCUT2D eigenvalue weighted by Crippen LogP contribution is -2.42. The summed E-state index contributed by atoms with van der Waals surface area (Å²) in [6.45, 7) is -0.772. The second-order valence-corrected chi connectivity index (χ2v) is 3.23. The standard InChI is InChI=1S/C10H15N3O5/c1-17-9(15)6-13(7-10(16)18-2)5-8(14)12-4-3-11/h4-7H2,1-2H3,(H,12,14). The molecule has 18 heavy (non-hydrogen) atoms. The molecule has 0 rings (SSSR count). The van der Waals surface area contributed by atoms with Gasteiger partial charge in [-0.1, -0.05) is 0 Å². The maximum atomic E-state index is 11.3. The van der Waals surface area contributed by atoms with Crippen molar-refractivity contribution in [1.29, 1.82) is 5.26 Å². The van der Waals surface area contributed by atoms with Gasteiger partial charge in [-0.25, -0.2) is 0 Å². The number of carbonyl (C=O) groups is 3. The van der Waals surface area contributed by atoms with Crippen LogP contribution in [-0.2, 0) is 23.9 Å². The summed E-state index contributed by atoms with van der Waals surface area (Å²) in [6, 6.07) is 1.74. The Balaban J connectivity index is 4.37. The van der Waals surface area contributed by atoms with Crippen LogP contribution < -0.4 is 5.32 Å². The van der Waals surface area contributed by atoms with Crippen LogP contribution in [0.4, 0.5) is 0 Å². The van der Waals surface area contributed by atoms with Gasteiger partial charge in [-0.05, 0) is 0 Å². The lowest BCUT2D eigenvalue weighted by atomic mass is 10.4. The minimum atomic E-state index is -0.577. The third kappa shape index (κ3) is 7.19. The molecule has 0 radical (unpaired) electrons. The Labute approximate surface area is 104 Å². The van der Waals surface area contributed by atoms with E-state index < -0.39 is 17.8 Å². The van der Waals surface area contributed by atoms with Crippen molar-refractivity contribution in [2.45, 2.75) is 0 Å². The number of nitrogens with zero attached hydrogens (tertiary/aromatic N) is 2. The molecule has 0 aromatic rings. The Kier molecular flexibility index (Phi) is 7.89. The summed E-state index contributed by atoms with van der Waals surface area (Å²) in [6.07, 6.45) is 0. The highest BCUT2D eigenvalue weighted by atomic mass is 16.5. The van der Waals surface area contributed by atoms with Crippen molar-refractivity contribution in [3.8, 4) is 6.07 Å². The second kappa shape index (κ2) is 8.95. The van der Waals surface area contributed by atoms with E-state index in [-0.39, 0.29) is 26.2 Å². The largest absolute Gasteiger partial charge is 0.468 e. The quantitative estimate of drug-likeness (QED) is 0.426. The summed E-state index contributed by atoms with van der Waals surface area (Å²) < 4.78 is 8.88. The summed E-state index contributed by atoms with van der Waals surface area (Å²) in [5.74, 6) is -1.62. The molecule has 0 aromatic heterocycles. The van der Waals surface area contributed by atoms with Crippen LogP contribution in [0.5, 0.6) is 0 Å². The Bertz CT molecular complexity index is 332. The highest BCUT2D eigenvalue weighted by Crippen LogP contribution is 1.91. The smallest absolute Gasteiger partial charge is 0.319 e. The number of nitriles is 1. The Morgan fingerprint density at radius 1 is 1.11 bits per heavy atom. The van der Waals surface area contributed by atoms with Crippen LogP contribution in [-0.4, -0.2) is 63.1 Å². The zero-order chi connectivity index (χ0) is 14.0. The molecule has 8 nitrogen and oxygen atoms in total. The minimum Gasteiger partial charge on any atom is -0.468 e. The Hall–Kier alpha value is -2.14. The van der Waals surface area contributed by atoms with Crippen LogP contribution >= 0.6 is 0 Å². The molecule has 0 bridgehead atoms. The number of rotatable bonds is 7. The molecular formula is C10H15N3O5. The van der Waals surface area contributed by atoms with E-state index in [1.54, 1.807) is 6.07 Å². The first-order chi connectivity index (χ1) is 8.53. The number of methoxy groups -OCH3 is 2. The fourth-order valence-corrected chi connectivity index (χ4v) is 1.06. The van der Waals surface area contributed by atoms with E-state index in [9.17, 15) is 14.4 Å². The van der Waals surface area contributed by atoms with Gasteiger partial charge in [0.05, 0.1) is 39.9 Å². The lowest BCUT2D eigenvalue weighted by molar-refractivity contribution is -0.146. The van der Waals surface area contributed by atoms with Gasteiger partial charge in [0.1, 0.15) is 6.54 Å². The van der Waals surface area contributed by atoms with Crippen LogP contribution in [0.15, 0.2) is 0 Å². The lowest BCUT2D eigenvalue weighted by Gasteiger charge is -2.18. The van der Waals surface area contributed by atoms with E-state index in [0.29, 0.717) is 0 Å². The van der Waals surface area contributed by atoms with Crippen LogP contribution in [0.3, 0.4) is 0 Å². The zero-order valence-corrected chi connectivity index (χ0v) is 10.3. The highest BCUT2D eigenvalue weighted by molar-refractivity contribution is 5.81. The molecule has 1 N–H and O–H groups in total. The number of carbonyl (C=O) groups excluding carboxylic acids is 3. The first-order valence-electron chi connectivity index (χ1n) is 5.03. The monoisotopic (exact) mass is 257 g/mol. The summed E-state index contributed by atoms with van der Waals surface area (Å²) in [7, 11) is 2.41. The average Bonchev–Trinajstić information content (AvgIpc) is 2.35. The third-order valence-electron chi connectivity index (χ3n) is 1.89. The first kappa shape index (κ1) is 15.9. The fourth-order valence-electron chi connectivity index (χ4n) is 1.06. The number of esters is 2. The van der Waals surface area contributed by atoms with E-state index in [1.165, 1.54) is 19.1 Å². The SMILES string of the molecule is COC(=O)CN(CC(=O)NCC#N)CC(=O)OC. The van der Waals surface area contributed by atoms with Crippen LogP contribution in [0.25, 0.3) is 0 Å². The normalized spacial score (nSPS) is 9.44. The van der Waals surface area contributed by atoms with Crippen molar-refractivity contribution in [3.05, 3.63) is 0 Å². The molecular weight excluding hydrogens is 242 g/mol. The fraction of sp³-hybridized carbons (Fsp3) is 0.600. The number of amides is 1. The predicted octanol–water partition coefficient (Wildman–Crippen LogP) is -1.73. The summed E-state index contributed by atoms with van der Waals surface area (Å²) in [4.78, 5) is 34.8. The van der Waals surface area contributed by atoms with Crippen LogP contribution in [0.2, 0.25) is 0 Å². The van der Waals surface area contributed by atoms with Gasteiger partial charge in [0.25, 0.3) is 0 Å². The molecule has 0 fully saturated rings. The Morgan fingerprint density at radius 2 is 1.61 bits per heavy atom. The van der Waals surface area contributed by atoms with E-state index in [0.717, 1.165) is 0 Å². The molecule has 0 aliphatic heterocycles. The third-order valence-corrected chi connectivity index (χ3v) is 1.89. The average molecular weight is 257 g/mol. The van der Waals surface area contributed by atoms with Crippen molar-refractivity contribution < 1.29 is 23.9 Å². The van der Waals surface area contributed by atoms with E-state index in [1.807, 2.05) is 0 Å². The molecule has 0 aromatic carbocycles. The van der Waals surface area contributed by atoms with Crippen molar-refractivity contribution in [1.82, 2.24) is 10.2 Å². The molecule has 1 amide bonds. The molecule has 0 atom stereocenters. The molecule has 0 aliphatic carbocycles. The molecule has 0 saturated heterocycles. The maximum absolute atomic E-state index is 11.3. The van der Waals surface area contributed by atoms with Gasteiger partial charge < -0.3 is 14.8 Å². The zero-order valence-electron chi connectivity index (χ0n) is 10.3. The molecule has 0 heterocycles. The molecule has 0 aliphatic rings. The predicted molar refractivity (Wildman–Crippen MR) is 59.1 cm³/mol. The maximum Gasteiger partial charge on any atom is 0.319 e. The van der Waals surface area contributed by atoms with Crippen molar-refractivity contribution in [2.24, 2.45) is 0 Å². The summed E-state index contributed by atoms with van der Waals surface area (Å²) in [5, 5.41) is 10.6. The topological polar surface area (TPSA) is 109 Å². The van der Waals surface area contributed by atoms with Crippen molar-refractivity contribution in [2.75, 3.05) is 40.4 Å². The van der Waals surface area contributed by atoms with Crippen LogP contribution in [0.1, 0.15) is 0 Å². The second-order valence-electron chi connectivity index (χ2n) is 3.23. The summed E-state index contributed by atoms with van der Waals surface area (Å²) >= 11 is 0. The molecule has 8 heteroatoms. The van der Waals surface area contributed by atoms with Gasteiger partial charge in [0.2, 0.25) is 5.91 Å². The van der Waals surface area contributed by atoms with Gasteiger partial charge in [-0.2, -0.15) is 5.26 Å². The minimum absolute atomic E-state index is 0.136. The summed E-state index contributed by atoms with van der Waals surface area (Å²) in [5.41, 5.74) is 0. The molecule has 0 saturated carbocycles. The van der Waals surface area contributed by atoms with Gasteiger partial charge in [-0.15, -0.1) is 0 Å². The van der Waals surface area contributed by atoms with E-state index in [4.69, 9.17) is 5.26 Å². The highest BCUT2D eigenvalue weighted by Gasteiger charge is 2.18. The number of nitrogens with one attached hydrogen (secondary N) is 1. The number of hydrogen-bond donors (Lipinski definition) is 1. The van der Waals surface area contributed by atoms with Crippen LogP contribution in [0, 0.1) is 11.3 Å². The molecule has 0 unspecified atom stereocenters. The van der Waals surface area contributed by atoms with E-state index >= 15 is 0 Å². The van der Waals surface area contributed by atoms with Gasteiger partial charge in [-0.3, -0.25) is 19.3 Å². The van der Waals surface area contributed by atoms with Gasteiger partial charge in [0, 0.05) is 0 Å². The number of ether oxygens (including phenoxy) is 2. The molecule has 100 valence electrons. The number of hydrogen-bond acceptors (Lipinski definition) is 7. The van der Waals surface area contributed by atoms with Crippen molar-refractivity contribution >= 4 is 17.8 Å². The first-order valence-corrected chi connectivity index (χ1v) is 5.03.